The number of halogens is 1. The SMILES string of the molecule is CCOc1ccc(CCNC(=O)Nc2ccccc2Cl)cc1OC. The molecule has 5 nitrogen and oxygen atoms in total. The van der Waals surface area contributed by atoms with Crippen LogP contribution in [-0.4, -0.2) is 26.3 Å². The number of hydrogen-bond acceptors (Lipinski definition) is 3. The fourth-order valence-electron chi connectivity index (χ4n) is 2.19. The van der Waals surface area contributed by atoms with E-state index in [9.17, 15) is 4.79 Å². The first kappa shape index (κ1) is 17.9. The molecule has 0 aliphatic carbocycles. The molecule has 6 heteroatoms. The van der Waals surface area contributed by atoms with Crippen LogP contribution in [-0.2, 0) is 6.42 Å². The number of urea groups is 1. The fraction of sp³-hybridized carbons (Fsp3) is 0.278. The molecule has 0 aliphatic heterocycles. The van der Waals surface area contributed by atoms with Crippen LogP contribution in [0.5, 0.6) is 11.5 Å². The Bertz CT molecular complexity index is 692. The molecule has 0 heterocycles. The second kappa shape index (κ2) is 9.03. The van der Waals surface area contributed by atoms with Gasteiger partial charge in [-0.2, -0.15) is 0 Å². The Morgan fingerprint density at radius 1 is 1.17 bits per heavy atom. The van der Waals surface area contributed by atoms with Gasteiger partial charge in [0, 0.05) is 6.54 Å². The third-order valence-electron chi connectivity index (χ3n) is 3.35. The average molecular weight is 349 g/mol. The highest BCUT2D eigenvalue weighted by molar-refractivity contribution is 6.33. The maximum atomic E-state index is 11.9. The highest BCUT2D eigenvalue weighted by Gasteiger charge is 2.07. The summed E-state index contributed by atoms with van der Waals surface area (Å²) in [5, 5.41) is 6.03. The second-order valence-corrected chi connectivity index (χ2v) is 5.44. The van der Waals surface area contributed by atoms with Crippen LogP contribution >= 0.6 is 11.6 Å². The van der Waals surface area contributed by atoms with Gasteiger partial charge in [0.05, 0.1) is 24.4 Å². The van der Waals surface area contributed by atoms with Crippen molar-refractivity contribution in [2.75, 3.05) is 25.6 Å². The van der Waals surface area contributed by atoms with Crippen LogP contribution < -0.4 is 20.1 Å². The average Bonchev–Trinajstić information content (AvgIpc) is 2.58. The standard InChI is InChI=1S/C18H21ClN2O3/c1-3-24-16-9-8-13(12-17(16)23-2)10-11-20-18(22)21-15-7-5-4-6-14(15)19/h4-9,12H,3,10-11H2,1-2H3,(H2,20,21,22). The van der Waals surface area contributed by atoms with Crippen LogP contribution in [0.1, 0.15) is 12.5 Å². The first-order chi connectivity index (χ1) is 11.6. The third kappa shape index (κ3) is 5.06. The summed E-state index contributed by atoms with van der Waals surface area (Å²) < 4.78 is 10.8. The van der Waals surface area contributed by atoms with Crippen LogP contribution in [0.2, 0.25) is 5.02 Å². The van der Waals surface area contributed by atoms with Gasteiger partial charge in [-0.25, -0.2) is 4.79 Å². The molecule has 0 spiro atoms. The molecule has 2 amide bonds. The number of rotatable bonds is 7. The van der Waals surface area contributed by atoms with Gasteiger partial charge in [-0.3, -0.25) is 0 Å². The summed E-state index contributed by atoms with van der Waals surface area (Å²) in [4.78, 5) is 11.9. The number of amides is 2. The summed E-state index contributed by atoms with van der Waals surface area (Å²) in [6.45, 7) is 3.00. The molecule has 0 saturated heterocycles. The molecule has 0 unspecified atom stereocenters. The van der Waals surface area contributed by atoms with E-state index >= 15 is 0 Å². The number of ether oxygens (including phenoxy) is 2. The van der Waals surface area contributed by atoms with Gasteiger partial charge in [-0.1, -0.05) is 29.8 Å². The maximum Gasteiger partial charge on any atom is 0.319 e. The first-order valence-electron chi connectivity index (χ1n) is 7.73. The molecule has 0 aliphatic rings. The van der Waals surface area contributed by atoms with Gasteiger partial charge in [0.25, 0.3) is 0 Å². The highest BCUT2D eigenvalue weighted by Crippen LogP contribution is 2.28. The van der Waals surface area contributed by atoms with E-state index in [2.05, 4.69) is 10.6 Å². The van der Waals surface area contributed by atoms with Crippen LogP contribution in [0.15, 0.2) is 42.5 Å². The first-order valence-corrected chi connectivity index (χ1v) is 8.11. The van der Waals surface area contributed by atoms with Crippen LogP contribution in [0.3, 0.4) is 0 Å². The molecule has 0 fully saturated rings. The summed E-state index contributed by atoms with van der Waals surface area (Å²) in [6.07, 6.45) is 0.679. The zero-order valence-electron chi connectivity index (χ0n) is 13.8. The van der Waals surface area contributed by atoms with Crippen molar-refractivity contribution in [3.8, 4) is 11.5 Å². The Labute approximate surface area is 146 Å². The van der Waals surface area contributed by atoms with Crippen molar-refractivity contribution in [1.82, 2.24) is 5.32 Å². The normalized spacial score (nSPS) is 10.1. The molecule has 24 heavy (non-hydrogen) atoms. The van der Waals surface area contributed by atoms with Gasteiger partial charge >= 0.3 is 6.03 Å². The van der Waals surface area contributed by atoms with Crippen molar-refractivity contribution < 1.29 is 14.3 Å². The van der Waals surface area contributed by atoms with E-state index in [1.165, 1.54) is 0 Å². The lowest BCUT2D eigenvalue weighted by molar-refractivity contribution is 0.252. The lowest BCUT2D eigenvalue weighted by Crippen LogP contribution is -2.30. The fourth-order valence-corrected chi connectivity index (χ4v) is 2.37. The predicted molar refractivity (Wildman–Crippen MR) is 96.3 cm³/mol. The van der Waals surface area contributed by atoms with E-state index in [1.54, 1.807) is 19.2 Å². The molecule has 2 N–H and O–H groups in total. The lowest BCUT2D eigenvalue weighted by Gasteiger charge is -2.12. The quantitative estimate of drug-likeness (QED) is 0.791. The van der Waals surface area contributed by atoms with Crippen molar-refractivity contribution in [2.24, 2.45) is 0 Å². The van der Waals surface area contributed by atoms with E-state index in [4.69, 9.17) is 21.1 Å². The highest BCUT2D eigenvalue weighted by atomic mass is 35.5. The minimum atomic E-state index is -0.291. The van der Waals surface area contributed by atoms with Gasteiger partial charge in [0.2, 0.25) is 0 Å². The molecule has 0 atom stereocenters. The molecule has 0 radical (unpaired) electrons. The molecule has 0 saturated carbocycles. The van der Waals surface area contributed by atoms with Crippen molar-refractivity contribution in [1.29, 1.82) is 0 Å². The van der Waals surface area contributed by atoms with E-state index < -0.39 is 0 Å². The van der Waals surface area contributed by atoms with Crippen molar-refractivity contribution in [2.45, 2.75) is 13.3 Å². The summed E-state index contributed by atoms with van der Waals surface area (Å²) in [5.41, 5.74) is 1.63. The maximum absolute atomic E-state index is 11.9. The number of carbonyl (C=O) groups is 1. The van der Waals surface area contributed by atoms with E-state index in [0.717, 1.165) is 5.56 Å². The molecular weight excluding hydrogens is 328 g/mol. The predicted octanol–water partition coefficient (Wildman–Crippen LogP) is 4.11. The Hall–Kier alpha value is -2.40. The molecule has 2 aromatic rings. The number of para-hydroxylation sites is 1. The zero-order valence-corrected chi connectivity index (χ0v) is 14.5. The Morgan fingerprint density at radius 2 is 1.96 bits per heavy atom. The van der Waals surface area contributed by atoms with E-state index in [0.29, 0.717) is 41.8 Å². The summed E-state index contributed by atoms with van der Waals surface area (Å²) in [5.74, 6) is 1.41. The van der Waals surface area contributed by atoms with E-state index in [-0.39, 0.29) is 6.03 Å². The van der Waals surface area contributed by atoms with E-state index in [1.807, 2.05) is 37.3 Å². The molecule has 0 aromatic heterocycles. The molecule has 2 rings (SSSR count). The number of methoxy groups -OCH3 is 1. The number of benzene rings is 2. The van der Waals surface area contributed by atoms with Gasteiger partial charge in [-0.15, -0.1) is 0 Å². The molecule has 128 valence electrons. The zero-order chi connectivity index (χ0) is 17.4. The van der Waals surface area contributed by atoms with Crippen LogP contribution in [0, 0.1) is 0 Å². The monoisotopic (exact) mass is 348 g/mol. The topological polar surface area (TPSA) is 59.6 Å². The van der Waals surface area contributed by atoms with Gasteiger partial charge in [-0.05, 0) is 43.2 Å². The minimum absolute atomic E-state index is 0.291. The third-order valence-corrected chi connectivity index (χ3v) is 3.68. The van der Waals surface area contributed by atoms with Crippen LogP contribution in [0.25, 0.3) is 0 Å². The van der Waals surface area contributed by atoms with Crippen molar-refractivity contribution >= 4 is 23.3 Å². The van der Waals surface area contributed by atoms with Crippen molar-refractivity contribution in [3.05, 3.63) is 53.1 Å². The Morgan fingerprint density at radius 3 is 2.67 bits per heavy atom. The Balaban J connectivity index is 1.85. The Kier molecular flexibility index (Phi) is 6.75. The summed E-state index contributed by atoms with van der Waals surface area (Å²) in [7, 11) is 1.61. The van der Waals surface area contributed by atoms with Crippen molar-refractivity contribution in [3.63, 3.8) is 0 Å². The molecule has 2 aromatic carbocycles. The van der Waals surface area contributed by atoms with Crippen LogP contribution in [0.4, 0.5) is 10.5 Å². The van der Waals surface area contributed by atoms with Gasteiger partial charge in [0.1, 0.15) is 0 Å². The van der Waals surface area contributed by atoms with Gasteiger partial charge in [0.15, 0.2) is 11.5 Å². The lowest BCUT2D eigenvalue weighted by atomic mass is 10.1. The minimum Gasteiger partial charge on any atom is -0.493 e. The molecule has 0 bridgehead atoms. The smallest absolute Gasteiger partial charge is 0.319 e. The number of hydrogen-bond donors (Lipinski definition) is 2. The second-order valence-electron chi connectivity index (χ2n) is 5.03. The number of nitrogens with one attached hydrogen (secondary N) is 2. The number of carbonyl (C=O) groups excluding carboxylic acids is 1. The summed E-state index contributed by atoms with van der Waals surface area (Å²) >= 11 is 6.00. The summed E-state index contributed by atoms with van der Waals surface area (Å²) in [6, 6.07) is 12.6. The number of anilines is 1. The largest absolute Gasteiger partial charge is 0.493 e. The molecular formula is C18H21ClN2O3. The van der Waals surface area contributed by atoms with Gasteiger partial charge < -0.3 is 20.1 Å².